The van der Waals surface area contributed by atoms with Crippen molar-refractivity contribution in [3.8, 4) is 0 Å². The smallest absolute Gasteiger partial charge is 0.341 e. The first kappa shape index (κ1) is 11.7. The number of hydrogen-bond donors (Lipinski definition) is 2. The van der Waals surface area contributed by atoms with Gasteiger partial charge in [0.25, 0.3) is 0 Å². The van der Waals surface area contributed by atoms with Crippen LogP contribution in [0, 0.1) is 11.6 Å². The van der Waals surface area contributed by atoms with Gasteiger partial charge in [0, 0.05) is 6.20 Å². The van der Waals surface area contributed by atoms with E-state index in [4.69, 9.17) is 5.11 Å². The Morgan fingerprint density at radius 1 is 1.41 bits per heavy atom. The molecule has 2 aromatic rings. The molecule has 0 aliphatic carbocycles. The van der Waals surface area contributed by atoms with Gasteiger partial charge in [-0.25, -0.2) is 13.6 Å². The Labute approximate surface area is 101 Å². The fourth-order valence-corrected chi connectivity index (χ4v) is 1.85. The molecule has 2 N–H and O–H groups in total. The van der Waals surface area contributed by atoms with Crippen LogP contribution in [0.4, 0.5) is 8.78 Å². The van der Waals surface area contributed by atoms with Crippen molar-refractivity contribution in [3.63, 3.8) is 0 Å². The van der Waals surface area contributed by atoms with E-state index in [1.54, 1.807) is 0 Å². The third-order valence-electron chi connectivity index (χ3n) is 2.23. The van der Waals surface area contributed by atoms with Crippen molar-refractivity contribution < 1.29 is 18.7 Å². The van der Waals surface area contributed by atoms with E-state index in [-0.39, 0.29) is 9.99 Å². The molecule has 1 heterocycles. The van der Waals surface area contributed by atoms with E-state index in [0.29, 0.717) is 0 Å². The van der Waals surface area contributed by atoms with E-state index in [0.717, 1.165) is 12.3 Å². The zero-order valence-electron chi connectivity index (χ0n) is 8.05. The summed E-state index contributed by atoms with van der Waals surface area (Å²) < 4.78 is 26.8. The zero-order chi connectivity index (χ0) is 12.7. The van der Waals surface area contributed by atoms with Crippen molar-refractivity contribution in [2.75, 3.05) is 0 Å². The van der Waals surface area contributed by atoms with Crippen LogP contribution in [0.25, 0.3) is 10.9 Å². The highest BCUT2D eigenvalue weighted by Crippen LogP contribution is 2.24. The van der Waals surface area contributed by atoms with Gasteiger partial charge in [0.15, 0.2) is 5.82 Å². The minimum absolute atomic E-state index is 0.240. The van der Waals surface area contributed by atoms with Crippen molar-refractivity contribution in [1.29, 1.82) is 0 Å². The average molecular weight is 304 g/mol. The highest BCUT2D eigenvalue weighted by Gasteiger charge is 2.18. The second kappa shape index (κ2) is 3.92. The summed E-state index contributed by atoms with van der Waals surface area (Å²) in [7, 11) is 0. The zero-order valence-corrected chi connectivity index (χ0v) is 9.64. The van der Waals surface area contributed by atoms with E-state index < -0.39 is 34.0 Å². The molecule has 0 fully saturated rings. The summed E-state index contributed by atoms with van der Waals surface area (Å²) in [5.74, 6) is -3.35. The van der Waals surface area contributed by atoms with Gasteiger partial charge in [-0.3, -0.25) is 4.79 Å². The summed E-state index contributed by atoms with van der Waals surface area (Å²) in [4.78, 5) is 24.6. The van der Waals surface area contributed by atoms with Crippen LogP contribution in [0.2, 0.25) is 0 Å². The molecular weight excluding hydrogens is 300 g/mol. The molecule has 2 rings (SSSR count). The van der Waals surface area contributed by atoms with E-state index in [1.807, 2.05) is 0 Å². The number of aromatic amines is 1. The molecule has 0 spiro atoms. The standard InChI is InChI=1S/C10H4BrF2NO3/c11-4-1-5(12)8-6(7(4)13)9(15)3(2-14-8)10(16)17/h1-2H,(H,14,15)(H,16,17). The molecule has 0 aliphatic rings. The number of pyridine rings is 1. The second-order valence-electron chi connectivity index (χ2n) is 3.24. The van der Waals surface area contributed by atoms with Crippen molar-refractivity contribution in [2.45, 2.75) is 0 Å². The summed E-state index contributed by atoms with van der Waals surface area (Å²) in [6, 6.07) is 0.855. The Balaban J connectivity index is 3.04. The van der Waals surface area contributed by atoms with E-state index in [2.05, 4.69) is 20.9 Å². The summed E-state index contributed by atoms with van der Waals surface area (Å²) in [5.41, 5.74) is -2.07. The molecule has 7 heteroatoms. The van der Waals surface area contributed by atoms with Crippen LogP contribution in [-0.4, -0.2) is 16.1 Å². The Morgan fingerprint density at radius 3 is 2.65 bits per heavy atom. The first-order chi connectivity index (χ1) is 7.93. The van der Waals surface area contributed by atoms with Crippen molar-refractivity contribution in [2.24, 2.45) is 0 Å². The lowest BCUT2D eigenvalue weighted by atomic mass is 10.1. The monoisotopic (exact) mass is 303 g/mol. The van der Waals surface area contributed by atoms with Gasteiger partial charge in [-0.05, 0) is 22.0 Å². The number of H-pyrrole nitrogens is 1. The molecule has 17 heavy (non-hydrogen) atoms. The number of fused-ring (bicyclic) bond motifs is 1. The number of halogens is 3. The SMILES string of the molecule is O=C(O)c1c[nH]c2c(F)cc(Br)c(F)c2c1=O. The molecular formula is C10H4BrF2NO3. The normalized spacial score (nSPS) is 10.8. The van der Waals surface area contributed by atoms with Crippen LogP contribution < -0.4 is 5.43 Å². The van der Waals surface area contributed by atoms with Gasteiger partial charge >= 0.3 is 5.97 Å². The van der Waals surface area contributed by atoms with Crippen LogP contribution in [0.1, 0.15) is 10.4 Å². The lowest BCUT2D eigenvalue weighted by Gasteiger charge is -2.04. The number of benzene rings is 1. The number of rotatable bonds is 1. The maximum atomic E-state index is 13.7. The molecule has 0 amide bonds. The largest absolute Gasteiger partial charge is 0.477 e. The fourth-order valence-electron chi connectivity index (χ4n) is 1.45. The summed E-state index contributed by atoms with van der Waals surface area (Å²) in [5, 5.41) is 8.09. The maximum Gasteiger partial charge on any atom is 0.341 e. The number of aromatic carboxylic acids is 1. The summed E-state index contributed by atoms with van der Waals surface area (Å²) in [6.07, 6.45) is 0.837. The molecule has 0 aliphatic heterocycles. The predicted molar refractivity (Wildman–Crippen MR) is 59.1 cm³/mol. The van der Waals surface area contributed by atoms with Crippen molar-refractivity contribution >= 4 is 32.8 Å². The quantitative estimate of drug-likeness (QED) is 0.794. The molecule has 0 saturated carbocycles. The minimum Gasteiger partial charge on any atom is -0.477 e. The van der Waals surface area contributed by atoms with Gasteiger partial charge in [-0.1, -0.05) is 0 Å². The first-order valence-corrected chi connectivity index (χ1v) is 5.15. The lowest BCUT2D eigenvalue weighted by molar-refractivity contribution is 0.0695. The van der Waals surface area contributed by atoms with Crippen LogP contribution in [0.15, 0.2) is 21.5 Å². The van der Waals surface area contributed by atoms with E-state index in [9.17, 15) is 18.4 Å². The highest BCUT2D eigenvalue weighted by molar-refractivity contribution is 9.10. The predicted octanol–water partition coefficient (Wildman–Crippen LogP) is 2.27. The number of carboxylic acid groups (broad SMARTS) is 1. The summed E-state index contributed by atoms with van der Waals surface area (Å²) >= 11 is 2.75. The lowest BCUT2D eigenvalue weighted by Crippen LogP contribution is -2.17. The van der Waals surface area contributed by atoms with Gasteiger partial charge in [0.1, 0.15) is 11.4 Å². The first-order valence-electron chi connectivity index (χ1n) is 4.35. The van der Waals surface area contributed by atoms with Crippen molar-refractivity contribution in [1.82, 2.24) is 4.98 Å². The van der Waals surface area contributed by atoms with Crippen LogP contribution in [0.3, 0.4) is 0 Å². The molecule has 1 aromatic carbocycles. The molecule has 4 nitrogen and oxygen atoms in total. The van der Waals surface area contributed by atoms with Gasteiger partial charge in [-0.15, -0.1) is 0 Å². The third-order valence-corrected chi connectivity index (χ3v) is 2.81. The molecule has 0 bridgehead atoms. The Kier molecular flexibility index (Phi) is 2.70. The Morgan fingerprint density at radius 2 is 2.06 bits per heavy atom. The molecule has 88 valence electrons. The second-order valence-corrected chi connectivity index (χ2v) is 4.10. The van der Waals surface area contributed by atoms with Gasteiger partial charge < -0.3 is 10.1 Å². The Bertz CT molecular complexity index is 696. The van der Waals surface area contributed by atoms with E-state index in [1.165, 1.54) is 0 Å². The highest BCUT2D eigenvalue weighted by atomic mass is 79.9. The molecule has 0 radical (unpaired) electrons. The number of nitrogens with one attached hydrogen (secondary N) is 1. The van der Waals surface area contributed by atoms with Crippen LogP contribution in [-0.2, 0) is 0 Å². The number of aromatic nitrogens is 1. The van der Waals surface area contributed by atoms with Gasteiger partial charge in [0.2, 0.25) is 5.43 Å². The average Bonchev–Trinajstić information content (AvgIpc) is 2.25. The van der Waals surface area contributed by atoms with Crippen LogP contribution in [0.5, 0.6) is 0 Å². The number of hydrogen-bond acceptors (Lipinski definition) is 2. The third kappa shape index (κ3) is 1.72. The molecule has 0 saturated heterocycles. The number of carboxylic acids is 1. The fraction of sp³-hybridized carbons (Fsp3) is 0. The topological polar surface area (TPSA) is 70.2 Å². The Hall–Kier alpha value is -1.76. The van der Waals surface area contributed by atoms with E-state index >= 15 is 0 Å². The minimum atomic E-state index is -1.51. The number of carbonyl (C=O) groups is 1. The van der Waals surface area contributed by atoms with Gasteiger partial charge in [-0.2, -0.15) is 0 Å². The summed E-state index contributed by atoms with van der Waals surface area (Å²) in [6.45, 7) is 0. The molecule has 0 unspecified atom stereocenters. The molecule has 0 atom stereocenters. The maximum absolute atomic E-state index is 13.7. The van der Waals surface area contributed by atoms with Gasteiger partial charge in [0.05, 0.1) is 15.4 Å². The van der Waals surface area contributed by atoms with Crippen molar-refractivity contribution in [3.05, 3.63) is 44.2 Å². The van der Waals surface area contributed by atoms with Crippen LogP contribution >= 0.6 is 15.9 Å². The molecule has 1 aromatic heterocycles.